The van der Waals surface area contributed by atoms with Crippen LogP contribution in [0.15, 0.2) is 24.3 Å². The first-order valence-electron chi connectivity index (χ1n) is 27.6. The summed E-state index contributed by atoms with van der Waals surface area (Å²) in [5.74, 6) is -14.6. The third-order valence-corrected chi connectivity index (χ3v) is 14.7. The molecule has 0 saturated carbocycles. The minimum Gasteiger partial charge on any atom is -0.508 e. The summed E-state index contributed by atoms with van der Waals surface area (Å²) in [4.78, 5) is 186. The zero-order chi connectivity index (χ0) is 65.5. The topological polar surface area (TPSA) is 533 Å². The fourth-order valence-electron chi connectivity index (χ4n) is 8.42. The van der Waals surface area contributed by atoms with Crippen LogP contribution in [0.1, 0.15) is 76.7 Å². The van der Waals surface area contributed by atoms with Gasteiger partial charge in [0.25, 0.3) is 0 Å². The van der Waals surface area contributed by atoms with Gasteiger partial charge in [0.2, 0.25) is 76.8 Å². The molecule has 13 amide bonds. The van der Waals surface area contributed by atoms with Crippen molar-refractivity contribution in [3.63, 3.8) is 0 Å². The molecular weight excluding hydrogens is 1220 g/mol. The molecule has 1 saturated heterocycles. The molecule has 0 aliphatic carbocycles. The molecule has 1 aromatic carbocycles. The van der Waals surface area contributed by atoms with E-state index >= 15 is 0 Å². The summed E-state index contributed by atoms with van der Waals surface area (Å²) in [6.45, 7) is 0.885. The first-order chi connectivity index (χ1) is 41.1. The molecule has 32 nitrogen and oxygen atoms in total. The number of phenolic OH excluding ortho intramolecular Hbond substituents is 1. The van der Waals surface area contributed by atoms with Gasteiger partial charge in [-0.05, 0) is 89.1 Å². The second-order valence-electron chi connectivity index (χ2n) is 20.1. The number of carboxylic acids is 1. The van der Waals surface area contributed by atoms with Crippen LogP contribution in [0.4, 0.5) is 0 Å². The Kier molecular flexibility index (Phi) is 34.6. The highest BCUT2D eigenvalue weighted by molar-refractivity contribution is 7.80. The molecule has 0 bridgehead atoms. The number of carboxylic acid groups (broad SMARTS) is 1. The van der Waals surface area contributed by atoms with Crippen molar-refractivity contribution in [1.82, 2.24) is 58.1 Å². The third-order valence-electron chi connectivity index (χ3n) is 13.2. The number of amides is 13. The molecule has 1 aliphatic rings. The largest absolute Gasteiger partial charge is 0.508 e. The van der Waals surface area contributed by atoms with Gasteiger partial charge in [0, 0.05) is 36.0 Å². The number of nitrogens with two attached hydrogens (primary N) is 5. The number of carbonyl (C=O) groups excluding carboxylic acids is 13. The van der Waals surface area contributed by atoms with Crippen LogP contribution < -0.4 is 81.8 Å². The van der Waals surface area contributed by atoms with Crippen LogP contribution in [-0.2, 0) is 73.5 Å². The number of hydrogen-bond donors (Lipinski definition) is 21. The fraction of sp³-hybridized carbons (Fsp3) is 0.608. The number of aliphatic carboxylic acids is 1. The average Bonchev–Trinajstić information content (AvgIpc) is 2.43. The number of nitrogens with one attached hydrogen (secondary N) is 10. The van der Waals surface area contributed by atoms with Gasteiger partial charge < -0.3 is 96.9 Å². The van der Waals surface area contributed by atoms with Gasteiger partial charge in [-0.15, -0.1) is 0 Å². The van der Waals surface area contributed by atoms with Gasteiger partial charge in [-0.1, -0.05) is 12.1 Å². The second kappa shape index (κ2) is 39.6. The molecule has 486 valence electrons. The lowest BCUT2D eigenvalue weighted by Gasteiger charge is -2.30. The van der Waals surface area contributed by atoms with E-state index in [0.29, 0.717) is 31.2 Å². The van der Waals surface area contributed by atoms with E-state index in [1.54, 1.807) is 0 Å². The lowest BCUT2D eigenvalue weighted by molar-refractivity contribution is -0.143. The number of unbranched alkanes of at least 4 members (excludes halogenated alkanes) is 2. The van der Waals surface area contributed by atoms with Crippen molar-refractivity contribution in [3.05, 3.63) is 29.8 Å². The van der Waals surface area contributed by atoms with E-state index in [4.69, 9.17) is 28.7 Å². The zero-order valence-electron chi connectivity index (χ0n) is 47.8. The molecule has 0 spiro atoms. The summed E-state index contributed by atoms with van der Waals surface area (Å²) >= 11 is 16.2. The van der Waals surface area contributed by atoms with Crippen LogP contribution in [-0.4, -0.2) is 214 Å². The molecule has 36 heteroatoms. The fourth-order valence-corrected chi connectivity index (χ4v) is 9.35. The molecule has 0 radical (unpaired) electrons. The van der Waals surface area contributed by atoms with Gasteiger partial charge in [-0.3, -0.25) is 62.3 Å². The summed E-state index contributed by atoms with van der Waals surface area (Å²) in [5, 5.41) is 43.5. The Morgan fingerprint density at radius 3 is 1.53 bits per heavy atom. The van der Waals surface area contributed by atoms with Gasteiger partial charge in [0.1, 0.15) is 66.2 Å². The number of phenols is 1. The molecule has 1 heterocycles. The molecule has 1 aromatic rings. The van der Waals surface area contributed by atoms with E-state index in [1.165, 1.54) is 31.2 Å². The van der Waals surface area contributed by atoms with Crippen LogP contribution in [0.3, 0.4) is 0 Å². The normalized spacial score (nSPS) is 16.2. The molecule has 2 rings (SSSR count). The molecule has 1 aliphatic heterocycles. The zero-order valence-corrected chi connectivity index (χ0v) is 51.4. The van der Waals surface area contributed by atoms with Gasteiger partial charge in [0.15, 0.2) is 0 Å². The summed E-state index contributed by atoms with van der Waals surface area (Å²) in [5.41, 5.74) is 28.3. The monoisotopic (exact) mass is 1300 g/mol. The van der Waals surface area contributed by atoms with Crippen molar-refractivity contribution in [3.8, 4) is 5.75 Å². The minimum absolute atomic E-state index is 0.000516. The van der Waals surface area contributed by atoms with E-state index in [-0.39, 0.29) is 80.5 Å². The van der Waals surface area contributed by atoms with Crippen LogP contribution >= 0.6 is 50.5 Å². The van der Waals surface area contributed by atoms with E-state index in [0.717, 1.165) is 4.90 Å². The molecule has 0 unspecified atom stereocenters. The van der Waals surface area contributed by atoms with Crippen molar-refractivity contribution >= 4 is 133 Å². The van der Waals surface area contributed by atoms with Gasteiger partial charge in [0.05, 0.1) is 25.4 Å². The Morgan fingerprint density at radius 1 is 0.552 bits per heavy atom. The van der Waals surface area contributed by atoms with E-state index in [2.05, 4.69) is 104 Å². The predicted octanol–water partition coefficient (Wildman–Crippen LogP) is -7.44. The van der Waals surface area contributed by atoms with Crippen LogP contribution in [0.5, 0.6) is 5.75 Å². The van der Waals surface area contributed by atoms with Crippen LogP contribution in [0.2, 0.25) is 0 Å². The Bertz CT molecular complexity index is 2580. The Hall–Kier alpha value is -7.12. The lowest BCUT2D eigenvalue weighted by Crippen LogP contribution is -2.60. The highest BCUT2D eigenvalue weighted by Gasteiger charge is 2.40. The number of hydrogen-bond acceptors (Lipinski definition) is 22. The number of aromatic hydroxyl groups is 1. The van der Waals surface area contributed by atoms with E-state index in [1.807, 2.05) is 0 Å². The van der Waals surface area contributed by atoms with Gasteiger partial charge in [-0.25, -0.2) is 4.79 Å². The third kappa shape index (κ3) is 26.8. The molecule has 0 aromatic heterocycles. The van der Waals surface area contributed by atoms with Gasteiger partial charge >= 0.3 is 5.97 Å². The number of nitrogens with zero attached hydrogens (tertiary/aromatic N) is 1. The molecule has 22 N–H and O–H groups in total. The first-order valence-corrected chi connectivity index (χ1v) is 30.1. The highest BCUT2D eigenvalue weighted by Crippen LogP contribution is 2.20. The Labute approximate surface area is 523 Å². The number of primary amides is 2. The molecule has 1 fully saturated rings. The van der Waals surface area contributed by atoms with Crippen molar-refractivity contribution in [1.29, 1.82) is 0 Å². The summed E-state index contributed by atoms with van der Waals surface area (Å²) in [7, 11) is 0. The van der Waals surface area contributed by atoms with Crippen molar-refractivity contribution in [2.24, 2.45) is 28.7 Å². The van der Waals surface area contributed by atoms with E-state index in [9.17, 15) is 77.3 Å². The van der Waals surface area contributed by atoms with Crippen molar-refractivity contribution < 1.29 is 77.3 Å². The highest BCUT2D eigenvalue weighted by atomic mass is 32.1. The van der Waals surface area contributed by atoms with Crippen molar-refractivity contribution in [2.75, 3.05) is 49.2 Å². The maximum atomic E-state index is 14.1. The maximum Gasteiger partial charge on any atom is 0.327 e. The summed E-state index contributed by atoms with van der Waals surface area (Å²) in [6, 6.07) is -10.00. The smallest absolute Gasteiger partial charge is 0.327 e. The molecule has 87 heavy (non-hydrogen) atoms. The predicted molar refractivity (Wildman–Crippen MR) is 327 cm³/mol. The SMILES string of the molecule is C[C@H](NC(=O)[C@@H]1CCCN1C(=O)[C@H](CC(N)=O)NC(=O)[C@H](CS)NC(=O)[C@@H](N)CS)C(=O)N[C@@H](CS)C(=O)NCC(=O)N[C@@H](CCCCN)C(=O)N[C@@H](CC(N)=O)C(=O)N[C@@H](Cc1ccc(O)cc1)C(=O)N[C@@H](CCCCN)C(=O)N[C@@H](CS)C(=O)O. The van der Waals surface area contributed by atoms with Crippen LogP contribution in [0, 0.1) is 0 Å². The second-order valence-corrected chi connectivity index (χ2v) is 21.6. The molecule has 11 atom stereocenters. The van der Waals surface area contributed by atoms with E-state index < -0.39 is 169 Å². The number of benzene rings is 1. The van der Waals surface area contributed by atoms with Crippen LogP contribution in [0.25, 0.3) is 0 Å². The minimum atomic E-state index is -1.79. The summed E-state index contributed by atoms with van der Waals surface area (Å²) < 4.78 is 0. The number of carbonyl (C=O) groups is 14. The first kappa shape index (κ1) is 76.0. The lowest BCUT2D eigenvalue weighted by atomic mass is 10.0. The maximum absolute atomic E-state index is 14.1. The van der Waals surface area contributed by atoms with Crippen molar-refractivity contribution in [2.45, 2.75) is 144 Å². The standard InChI is InChI=1S/C51H82N16O16S4/c1-25(58-49(80)37-9-6-16-67(37)50(81)33(19-39(56)70)63-48(79)35(23-86)65-42(73)28(54)21-84)41(72)64-34(22-85)43(74)57-20-40(71)59-29(7-2-4-14-52)44(75)62-32(18-38(55)69)47(78)61-31(17-26-10-12-27(68)13-11-26)46(77)60-30(8-3-5-15-53)45(76)66-36(24-87)51(82)83/h10-13,25,28-37,68,84-87H,2-9,14-24,52-54H2,1H3,(H2,55,69)(H2,56,70)(H,57,74)(H,58,80)(H,59,71)(H,60,77)(H,61,78)(H,62,75)(H,63,79)(H,64,72)(H,65,73)(H,66,76)(H,82,83)/t25-,28-,29-,30-,31-,32-,33-,34-,35-,36-,37-/m0/s1. The number of likely N-dealkylation sites (tertiary alicyclic amines) is 1. The molecular formula is C51H82N16O16S4. The Morgan fingerprint density at radius 2 is 1.00 bits per heavy atom. The Balaban J connectivity index is 2.22. The average molecular weight is 1300 g/mol. The number of thiol groups is 4. The summed E-state index contributed by atoms with van der Waals surface area (Å²) in [6.07, 6.45) is -0.173. The number of rotatable bonds is 40. The van der Waals surface area contributed by atoms with Gasteiger partial charge in [-0.2, -0.15) is 50.5 Å². The quantitative estimate of drug-likeness (QED) is 0.0214.